The van der Waals surface area contributed by atoms with Crippen molar-refractivity contribution in [3.05, 3.63) is 11.7 Å². The SMILES string of the molecule is CCc1nc(CN2CCC[C@H](O)C2)no1. The van der Waals surface area contributed by atoms with Crippen LogP contribution in [0.4, 0.5) is 0 Å². The quantitative estimate of drug-likeness (QED) is 0.792. The van der Waals surface area contributed by atoms with Crippen molar-refractivity contribution >= 4 is 0 Å². The maximum Gasteiger partial charge on any atom is 0.226 e. The summed E-state index contributed by atoms with van der Waals surface area (Å²) in [5, 5.41) is 13.4. The molecule has 1 fully saturated rings. The van der Waals surface area contributed by atoms with E-state index >= 15 is 0 Å². The lowest BCUT2D eigenvalue weighted by Crippen LogP contribution is -2.37. The largest absolute Gasteiger partial charge is 0.392 e. The molecule has 0 unspecified atom stereocenters. The molecule has 5 heteroatoms. The van der Waals surface area contributed by atoms with Gasteiger partial charge in [-0.3, -0.25) is 4.90 Å². The van der Waals surface area contributed by atoms with Gasteiger partial charge in [0.2, 0.25) is 5.89 Å². The fourth-order valence-electron chi connectivity index (χ4n) is 1.87. The fraction of sp³-hybridized carbons (Fsp3) is 0.800. The van der Waals surface area contributed by atoms with Gasteiger partial charge in [-0.25, -0.2) is 0 Å². The molecule has 84 valence electrons. The molecule has 2 heterocycles. The van der Waals surface area contributed by atoms with E-state index in [4.69, 9.17) is 4.52 Å². The van der Waals surface area contributed by atoms with Crippen LogP contribution < -0.4 is 0 Å². The smallest absolute Gasteiger partial charge is 0.226 e. The summed E-state index contributed by atoms with van der Waals surface area (Å²) >= 11 is 0. The topological polar surface area (TPSA) is 62.4 Å². The molecule has 0 aliphatic carbocycles. The van der Waals surface area contributed by atoms with Gasteiger partial charge in [0, 0.05) is 13.0 Å². The molecule has 0 bridgehead atoms. The van der Waals surface area contributed by atoms with Gasteiger partial charge in [-0.2, -0.15) is 4.98 Å². The third kappa shape index (κ3) is 2.76. The van der Waals surface area contributed by atoms with E-state index in [0.29, 0.717) is 12.4 Å². The van der Waals surface area contributed by atoms with E-state index < -0.39 is 0 Å². The van der Waals surface area contributed by atoms with Crippen molar-refractivity contribution in [1.29, 1.82) is 0 Å². The molecule has 1 atom stereocenters. The molecule has 0 radical (unpaired) electrons. The van der Waals surface area contributed by atoms with Crippen LogP contribution >= 0.6 is 0 Å². The summed E-state index contributed by atoms with van der Waals surface area (Å²) < 4.78 is 5.03. The van der Waals surface area contributed by atoms with E-state index in [1.54, 1.807) is 0 Å². The second-order valence-electron chi connectivity index (χ2n) is 3.99. The van der Waals surface area contributed by atoms with Gasteiger partial charge in [0.1, 0.15) is 0 Å². The van der Waals surface area contributed by atoms with Gasteiger partial charge in [-0.15, -0.1) is 0 Å². The molecule has 0 aromatic carbocycles. The molecule has 1 aromatic heterocycles. The molecule has 2 rings (SSSR count). The highest BCUT2D eigenvalue weighted by Gasteiger charge is 2.19. The number of aliphatic hydroxyl groups excluding tert-OH is 1. The Hall–Kier alpha value is -0.940. The number of hydrogen-bond donors (Lipinski definition) is 1. The molecule has 0 spiro atoms. The Kier molecular flexibility index (Phi) is 3.33. The van der Waals surface area contributed by atoms with Crippen molar-refractivity contribution in [3.8, 4) is 0 Å². The highest BCUT2D eigenvalue weighted by molar-refractivity contribution is 4.87. The van der Waals surface area contributed by atoms with Crippen LogP contribution in [0.15, 0.2) is 4.52 Å². The van der Waals surface area contributed by atoms with Gasteiger partial charge in [-0.05, 0) is 19.4 Å². The first-order valence-electron chi connectivity index (χ1n) is 5.50. The number of nitrogens with zero attached hydrogens (tertiary/aromatic N) is 3. The van der Waals surface area contributed by atoms with E-state index in [1.165, 1.54) is 0 Å². The van der Waals surface area contributed by atoms with E-state index in [2.05, 4.69) is 15.0 Å². The average Bonchev–Trinajstić information content (AvgIpc) is 2.65. The van der Waals surface area contributed by atoms with E-state index in [-0.39, 0.29) is 6.10 Å². The molecule has 1 aromatic rings. The van der Waals surface area contributed by atoms with Crippen molar-refractivity contribution in [2.45, 2.75) is 38.8 Å². The lowest BCUT2D eigenvalue weighted by atomic mass is 10.1. The molecule has 1 saturated heterocycles. The van der Waals surface area contributed by atoms with Crippen LogP contribution in [0, 0.1) is 0 Å². The van der Waals surface area contributed by atoms with Gasteiger partial charge in [-0.1, -0.05) is 12.1 Å². The van der Waals surface area contributed by atoms with E-state index in [9.17, 15) is 5.11 Å². The number of aromatic nitrogens is 2. The minimum atomic E-state index is -0.198. The summed E-state index contributed by atoms with van der Waals surface area (Å²) in [7, 11) is 0. The first kappa shape index (κ1) is 10.6. The van der Waals surface area contributed by atoms with Crippen molar-refractivity contribution in [2.24, 2.45) is 0 Å². The highest BCUT2D eigenvalue weighted by Crippen LogP contribution is 2.12. The Balaban J connectivity index is 1.90. The van der Waals surface area contributed by atoms with Crippen LogP contribution in [-0.2, 0) is 13.0 Å². The van der Waals surface area contributed by atoms with Crippen LogP contribution in [0.2, 0.25) is 0 Å². The molecule has 1 aliphatic heterocycles. The Morgan fingerprint density at radius 2 is 2.47 bits per heavy atom. The van der Waals surface area contributed by atoms with Gasteiger partial charge in [0.15, 0.2) is 5.82 Å². The monoisotopic (exact) mass is 211 g/mol. The molecular weight excluding hydrogens is 194 g/mol. The van der Waals surface area contributed by atoms with Crippen LogP contribution in [-0.4, -0.2) is 39.3 Å². The third-order valence-electron chi connectivity index (χ3n) is 2.66. The number of aryl methyl sites for hydroxylation is 1. The van der Waals surface area contributed by atoms with Crippen molar-refractivity contribution in [3.63, 3.8) is 0 Å². The minimum absolute atomic E-state index is 0.198. The molecule has 15 heavy (non-hydrogen) atoms. The lowest BCUT2D eigenvalue weighted by molar-refractivity contribution is 0.0651. The molecule has 1 aliphatic rings. The highest BCUT2D eigenvalue weighted by atomic mass is 16.5. The van der Waals surface area contributed by atoms with Crippen LogP contribution in [0.3, 0.4) is 0 Å². The number of piperidine rings is 1. The first-order chi connectivity index (χ1) is 7.28. The standard InChI is InChI=1S/C10H17N3O2/c1-2-10-11-9(12-15-10)7-13-5-3-4-8(14)6-13/h8,14H,2-7H2,1H3/t8-/m0/s1. The molecule has 0 amide bonds. The molecule has 0 saturated carbocycles. The Morgan fingerprint density at radius 1 is 1.60 bits per heavy atom. The number of rotatable bonds is 3. The van der Waals surface area contributed by atoms with Gasteiger partial charge in [0.25, 0.3) is 0 Å². The minimum Gasteiger partial charge on any atom is -0.392 e. The van der Waals surface area contributed by atoms with E-state index in [1.807, 2.05) is 6.92 Å². The van der Waals surface area contributed by atoms with Crippen molar-refractivity contribution in [2.75, 3.05) is 13.1 Å². The Bertz CT molecular complexity index is 313. The summed E-state index contributed by atoms with van der Waals surface area (Å²) in [5.74, 6) is 1.41. The average molecular weight is 211 g/mol. The molecule has 1 N–H and O–H groups in total. The zero-order chi connectivity index (χ0) is 10.7. The van der Waals surface area contributed by atoms with Gasteiger partial charge in [0.05, 0.1) is 12.6 Å². The zero-order valence-corrected chi connectivity index (χ0v) is 9.02. The zero-order valence-electron chi connectivity index (χ0n) is 9.02. The summed E-state index contributed by atoms with van der Waals surface area (Å²) in [6.45, 7) is 4.39. The number of likely N-dealkylation sites (tertiary alicyclic amines) is 1. The van der Waals surface area contributed by atoms with Gasteiger partial charge >= 0.3 is 0 Å². The normalized spacial score (nSPS) is 23.2. The Labute approximate surface area is 89.1 Å². The summed E-state index contributed by atoms with van der Waals surface area (Å²) in [5.41, 5.74) is 0. The summed E-state index contributed by atoms with van der Waals surface area (Å²) in [6.07, 6.45) is 2.52. The fourth-order valence-corrected chi connectivity index (χ4v) is 1.87. The predicted octanol–water partition coefficient (Wildman–Crippen LogP) is 0.589. The second-order valence-corrected chi connectivity index (χ2v) is 3.99. The molecule has 5 nitrogen and oxygen atoms in total. The number of aliphatic hydroxyl groups is 1. The summed E-state index contributed by atoms with van der Waals surface area (Å²) in [6, 6.07) is 0. The van der Waals surface area contributed by atoms with Crippen LogP contribution in [0.1, 0.15) is 31.5 Å². The molecular formula is C10H17N3O2. The van der Waals surface area contributed by atoms with Crippen LogP contribution in [0.25, 0.3) is 0 Å². The van der Waals surface area contributed by atoms with Crippen molar-refractivity contribution < 1.29 is 9.63 Å². The van der Waals surface area contributed by atoms with Crippen LogP contribution in [0.5, 0.6) is 0 Å². The Morgan fingerprint density at radius 3 is 3.13 bits per heavy atom. The maximum atomic E-state index is 9.50. The van der Waals surface area contributed by atoms with Crippen molar-refractivity contribution in [1.82, 2.24) is 15.0 Å². The maximum absolute atomic E-state index is 9.50. The van der Waals surface area contributed by atoms with Gasteiger partial charge < -0.3 is 9.63 Å². The van der Waals surface area contributed by atoms with E-state index in [0.717, 1.165) is 38.2 Å². The number of hydrogen-bond acceptors (Lipinski definition) is 5. The number of β-amino-alcohol motifs (C(OH)–C–C–N with tert-alkyl or cyclic N) is 1. The lowest BCUT2D eigenvalue weighted by Gasteiger charge is -2.28. The second kappa shape index (κ2) is 4.72. The first-order valence-corrected chi connectivity index (χ1v) is 5.50. The third-order valence-corrected chi connectivity index (χ3v) is 2.66. The predicted molar refractivity (Wildman–Crippen MR) is 54.2 cm³/mol. The summed E-state index contributed by atoms with van der Waals surface area (Å²) in [4.78, 5) is 6.41.